The van der Waals surface area contributed by atoms with E-state index < -0.39 is 12.0 Å². The van der Waals surface area contributed by atoms with E-state index in [2.05, 4.69) is 5.32 Å². The number of aliphatic hydroxyl groups is 1. The summed E-state index contributed by atoms with van der Waals surface area (Å²) in [5.41, 5.74) is 1.09. The Morgan fingerprint density at radius 1 is 1.45 bits per heavy atom. The van der Waals surface area contributed by atoms with Crippen LogP contribution < -0.4 is 5.32 Å². The molecule has 0 radical (unpaired) electrons. The maximum atomic E-state index is 12.1. The van der Waals surface area contributed by atoms with Crippen LogP contribution in [-0.4, -0.2) is 22.1 Å². The summed E-state index contributed by atoms with van der Waals surface area (Å²) in [5, 5.41) is 22.2. The Morgan fingerprint density at radius 2 is 2.09 bits per heavy atom. The van der Waals surface area contributed by atoms with Gasteiger partial charge in [0.1, 0.15) is 11.8 Å². The number of carbonyl (C=O) groups excluding carboxylic acids is 1. The number of aliphatic hydroxyl groups excluding tert-OH is 1. The minimum absolute atomic E-state index is 0.0463. The summed E-state index contributed by atoms with van der Waals surface area (Å²) in [5.74, 6) is -0.397. The molecule has 5 nitrogen and oxygen atoms in total. The van der Waals surface area contributed by atoms with Gasteiger partial charge in [0.25, 0.3) is 5.91 Å². The molecular formula is C15H13Cl2N3O2. The van der Waals surface area contributed by atoms with Crippen molar-refractivity contribution >= 4 is 29.1 Å². The smallest absolute Gasteiger partial charge is 0.268 e. The number of nitrogens with zero attached hydrogens (tertiary/aromatic N) is 2. The average molecular weight is 338 g/mol. The van der Waals surface area contributed by atoms with Crippen LogP contribution in [-0.2, 0) is 7.05 Å². The second kappa shape index (κ2) is 6.84. The van der Waals surface area contributed by atoms with E-state index in [-0.39, 0.29) is 6.54 Å². The van der Waals surface area contributed by atoms with Gasteiger partial charge in [0.05, 0.1) is 11.7 Å². The van der Waals surface area contributed by atoms with Crippen molar-refractivity contribution in [3.05, 3.63) is 57.3 Å². The van der Waals surface area contributed by atoms with E-state index in [1.165, 1.54) is 6.07 Å². The lowest BCUT2D eigenvalue weighted by Crippen LogP contribution is -2.29. The van der Waals surface area contributed by atoms with Crippen molar-refractivity contribution in [1.29, 1.82) is 5.26 Å². The molecule has 1 aromatic carbocycles. The third-order valence-electron chi connectivity index (χ3n) is 3.16. The van der Waals surface area contributed by atoms with Crippen LogP contribution in [0.2, 0.25) is 10.0 Å². The van der Waals surface area contributed by atoms with Gasteiger partial charge in [-0.25, -0.2) is 0 Å². The zero-order chi connectivity index (χ0) is 16.3. The highest BCUT2D eigenvalue weighted by atomic mass is 35.5. The fourth-order valence-corrected chi connectivity index (χ4v) is 2.71. The van der Waals surface area contributed by atoms with Crippen LogP contribution in [0.4, 0.5) is 0 Å². The molecule has 2 rings (SSSR count). The fourth-order valence-electron chi connectivity index (χ4n) is 2.06. The number of aromatic nitrogens is 1. The van der Waals surface area contributed by atoms with Crippen molar-refractivity contribution in [1.82, 2.24) is 9.88 Å². The highest BCUT2D eigenvalue weighted by Gasteiger charge is 2.18. The number of hydrogen-bond donors (Lipinski definition) is 2. The van der Waals surface area contributed by atoms with Gasteiger partial charge in [-0.2, -0.15) is 5.26 Å². The van der Waals surface area contributed by atoms with Gasteiger partial charge in [-0.15, -0.1) is 0 Å². The molecule has 0 bridgehead atoms. The van der Waals surface area contributed by atoms with Crippen LogP contribution >= 0.6 is 23.2 Å². The van der Waals surface area contributed by atoms with E-state index in [0.29, 0.717) is 26.9 Å². The van der Waals surface area contributed by atoms with Gasteiger partial charge in [-0.05, 0) is 18.2 Å². The first-order chi connectivity index (χ1) is 10.4. The molecule has 0 saturated carbocycles. The number of halogens is 2. The Bertz CT molecular complexity index is 729. The number of nitrogens with one attached hydrogen (secondary N) is 1. The summed E-state index contributed by atoms with van der Waals surface area (Å²) in [4.78, 5) is 12.1. The largest absolute Gasteiger partial charge is 0.386 e. The summed E-state index contributed by atoms with van der Waals surface area (Å²) in [6.45, 7) is -0.0463. The summed E-state index contributed by atoms with van der Waals surface area (Å²) >= 11 is 12.0. The molecule has 2 aromatic rings. The number of carbonyl (C=O) groups is 1. The number of nitriles is 1. The molecular weight excluding hydrogens is 325 g/mol. The lowest BCUT2D eigenvalue weighted by Gasteiger charge is -2.15. The third kappa shape index (κ3) is 3.42. The summed E-state index contributed by atoms with van der Waals surface area (Å²) in [6.07, 6.45) is 0.525. The number of amides is 1. The minimum Gasteiger partial charge on any atom is -0.386 e. The molecule has 1 atom stereocenters. The van der Waals surface area contributed by atoms with Crippen LogP contribution in [0.5, 0.6) is 0 Å². The molecule has 0 spiro atoms. The second-order valence-electron chi connectivity index (χ2n) is 4.70. The Labute approximate surface area is 137 Å². The second-order valence-corrected chi connectivity index (χ2v) is 5.51. The first-order valence-electron chi connectivity index (χ1n) is 6.40. The maximum Gasteiger partial charge on any atom is 0.268 e. The molecule has 0 saturated heterocycles. The van der Waals surface area contributed by atoms with Gasteiger partial charge in [-0.1, -0.05) is 29.3 Å². The number of hydrogen-bond acceptors (Lipinski definition) is 3. The fraction of sp³-hybridized carbons (Fsp3) is 0.200. The van der Waals surface area contributed by atoms with Crippen molar-refractivity contribution in [2.24, 2.45) is 7.05 Å². The molecule has 1 aromatic heterocycles. The Morgan fingerprint density at radius 3 is 2.64 bits per heavy atom. The zero-order valence-corrected chi connectivity index (χ0v) is 13.2. The Hall–Kier alpha value is -2.00. The quantitative estimate of drug-likeness (QED) is 0.900. The van der Waals surface area contributed by atoms with E-state index in [1.807, 2.05) is 6.07 Å². The minimum atomic E-state index is -1.03. The van der Waals surface area contributed by atoms with E-state index in [0.717, 1.165) is 0 Å². The lowest BCUT2D eigenvalue weighted by atomic mass is 10.1. The van der Waals surface area contributed by atoms with Crippen molar-refractivity contribution in [2.75, 3.05) is 6.54 Å². The molecule has 2 N–H and O–H groups in total. The van der Waals surface area contributed by atoms with Crippen LogP contribution in [0.15, 0.2) is 30.5 Å². The van der Waals surface area contributed by atoms with Crippen molar-refractivity contribution in [3.63, 3.8) is 0 Å². The number of aryl methyl sites for hydroxylation is 1. The van der Waals surface area contributed by atoms with E-state index in [1.54, 1.807) is 36.0 Å². The first-order valence-corrected chi connectivity index (χ1v) is 7.16. The van der Waals surface area contributed by atoms with E-state index in [9.17, 15) is 9.90 Å². The van der Waals surface area contributed by atoms with Crippen LogP contribution in [0.25, 0.3) is 0 Å². The highest BCUT2D eigenvalue weighted by Crippen LogP contribution is 2.29. The topological polar surface area (TPSA) is 78.0 Å². The average Bonchev–Trinajstić information content (AvgIpc) is 2.86. The molecule has 7 heteroatoms. The summed E-state index contributed by atoms with van der Waals surface area (Å²) < 4.78 is 1.54. The molecule has 1 unspecified atom stereocenters. The molecule has 0 aliphatic rings. The monoisotopic (exact) mass is 337 g/mol. The van der Waals surface area contributed by atoms with Crippen LogP contribution in [0.1, 0.15) is 27.7 Å². The molecule has 0 aliphatic heterocycles. The third-order valence-corrected chi connectivity index (χ3v) is 3.81. The zero-order valence-electron chi connectivity index (χ0n) is 11.7. The molecule has 1 heterocycles. The van der Waals surface area contributed by atoms with Crippen molar-refractivity contribution in [3.8, 4) is 6.07 Å². The molecule has 114 valence electrons. The van der Waals surface area contributed by atoms with Gasteiger partial charge < -0.3 is 15.0 Å². The predicted octanol–water partition coefficient (Wildman–Crippen LogP) is 2.67. The summed E-state index contributed by atoms with van der Waals surface area (Å²) in [6, 6.07) is 8.34. The Balaban J connectivity index is 2.08. The lowest BCUT2D eigenvalue weighted by molar-refractivity contribution is 0.0908. The normalized spacial score (nSPS) is 11.8. The van der Waals surface area contributed by atoms with Crippen molar-refractivity contribution in [2.45, 2.75) is 6.10 Å². The number of rotatable bonds is 4. The van der Waals surface area contributed by atoms with Crippen LogP contribution in [0, 0.1) is 11.3 Å². The van der Waals surface area contributed by atoms with Gasteiger partial charge >= 0.3 is 0 Å². The van der Waals surface area contributed by atoms with Gasteiger partial charge in [0.15, 0.2) is 0 Å². The first kappa shape index (κ1) is 16.4. The number of benzene rings is 1. The maximum absolute atomic E-state index is 12.1. The van der Waals surface area contributed by atoms with Crippen molar-refractivity contribution < 1.29 is 9.90 Å². The SMILES string of the molecule is Cn1cc(C#N)cc1C(=O)NCC(O)c1c(Cl)cccc1Cl. The van der Waals surface area contributed by atoms with Crippen LogP contribution in [0.3, 0.4) is 0 Å². The molecule has 1 amide bonds. The highest BCUT2D eigenvalue weighted by molar-refractivity contribution is 6.36. The van der Waals surface area contributed by atoms with Gasteiger partial charge in [0.2, 0.25) is 0 Å². The van der Waals surface area contributed by atoms with E-state index in [4.69, 9.17) is 28.5 Å². The van der Waals surface area contributed by atoms with Gasteiger partial charge in [0, 0.05) is 35.4 Å². The van der Waals surface area contributed by atoms with E-state index >= 15 is 0 Å². The molecule has 22 heavy (non-hydrogen) atoms. The summed E-state index contributed by atoms with van der Waals surface area (Å²) in [7, 11) is 1.66. The molecule has 0 fully saturated rings. The molecule has 0 aliphatic carbocycles. The predicted molar refractivity (Wildman–Crippen MR) is 83.9 cm³/mol. The van der Waals surface area contributed by atoms with Gasteiger partial charge in [-0.3, -0.25) is 4.79 Å². The standard InChI is InChI=1S/C15H13Cl2N3O2/c1-20-8-9(6-18)5-12(20)15(22)19-7-13(21)14-10(16)3-2-4-11(14)17/h2-5,8,13,21H,7H2,1H3,(H,19,22). The Kier molecular flexibility index (Phi) is 5.09.